The van der Waals surface area contributed by atoms with Gasteiger partial charge in [0.2, 0.25) is 11.8 Å². The molecule has 1 atom stereocenters. The highest BCUT2D eigenvalue weighted by Crippen LogP contribution is 2.27. The highest BCUT2D eigenvalue weighted by molar-refractivity contribution is 7.92. The van der Waals surface area contributed by atoms with E-state index in [0.717, 1.165) is 53.5 Å². The number of sulfonamides is 1. The number of benzene rings is 3. The summed E-state index contributed by atoms with van der Waals surface area (Å²) in [6.07, 6.45) is 5.18. The van der Waals surface area contributed by atoms with E-state index in [1.165, 1.54) is 15.6 Å². The minimum atomic E-state index is -4.09. The summed E-state index contributed by atoms with van der Waals surface area (Å²) in [4.78, 5) is 29.2. The second-order valence-electron chi connectivity index (χ2n) is 11.6. The molecule has 0 aliphatic heterocycles. The summed E-state index contributed by atoms with van der Waals surface area (Å²) in [7, 11) is -4.09. The Hall–Kier alpha value is -3.65. The molecule has 3 aromatic carbocycles. The predicted molar refractivity (Wildman–Crippen MR) is 168 cm³/mol. The van der Waals surface area contributed by atoms with Gasteiger partial charge in [-0.15, -0.1) is 0 Å². The maximum atomic E-state index is 14.2. The van der Waals surface area contributed by atoms with Crippen LogP contribution in [0.2, 0.25) is 0 Å². The highest BCUT2D eigenvalue weighted by atomic mass is 32.2. The second-order valence-corrected chi connectivity index (χ2v) is 13.5. The van der Waals surface area contributed by atoms with Crippen molar-refractivity contribution in [3.05, 3.63) is 94.5 Å². The Morgan fingerprint density at radius 1 is 0.833 bits per heavy atom. The van der Waals surface area contributed by atoms with Crippen LogP contribution in [0, 0.1) is 27.7 Å². The van der Waals surface area contributed by atoms with Gasteiger partial charge in [-0.1, -0.05) is 72.9 Å². The van der Waals surface area contributed by atoms with Crippen LogP contribution in [-0.4, -0.2) is 43.8 Å². The maximum absolute atomic E-state index is 14.2. The predicted octanol–water partition coefficient (Wildman–Crippen LogP) is 5.98. The van der Waals surface area contributed by atoms with Crippen molar-refractivity contribution in [1.82, 2.24) is 10.2 Å². The van der Waals surface area contributed by atoms with Crippen LogP contribution >= 0.6 is 0 Å². The number of hydrogen-bond donors (Lipinski definition) is 1. The molecule has 1 fully saturated rings. The van der Waals surface area contributed by atoms with E-state index >= 15 is 0 Å². The third-order valence-corrected chi connectivity index (χ3v) is 10.0. The second kappa shape index (κ2) is 13.6. The monoisotopic (exact) mass is 589 g/mol. The first-order valence-corrected chi connectivity index (χ1v) is 16.2. The topological polar surface area (TPSA) is 86.8 Å². The van der Waals surface area contributed by atoms with Crippen molar-refractivity contribution in [2.75, 3.05) is 10.8 Å². The first-order chi connectivity index (χ1) is 20.0. The van der Waals surface area contributed by atoms with Crippen molar-refractivity contribution in [2.45, 2.75) is 90.2 Å². The third kappa shape index (κ3) is 7.59. The van der Waals surface area contributed by atoms with Gasteiger partial charge in [0.05, 0.1) is 10.6 Å². The molecule has 2 amide bonds. The Morgan fingerprint density at radius 2 is 1.43 bits per heavy atom. The Balaban J connectivity index is 1.69. The van der Waals surface area contributed by atoms with E-state index < -0.39 is 28.5 Å². The lowest BCUT2D eigenvalue weighted by molar-refractivity contribution is -0.139. The fourth-order valence-electron chi connectivity index (χ4n) is 5.29. The molecule has 224 valence electrons. The quantitative estimate of drug-likeness (QED) is 0.315. The van der Waals surface area contributed by atoms with Crippen molar-refractivity contribution in [3.8, 4) is 0 Å². The fraction of sp³-hybridized carbons (Fsp3) is 0.412. The zero-order valence-corrected chi connectivity index (χ0v) is 26.2. The number of hydrogen-bond acceptors (Lipinski definition) is 4. The summed E-state index contributed by atoms with van der Waals surface area (Å²) >= 11 is 0. The average molecular weight is 590 g/mol. The van der Waals surface area contributed by atoms with Crippen molar-refractivity contribution < 1.29 is 18.0 Å². The van der Waals surface area contributed by atoms with Gasteiger partial charge in [-0.25, -0.2) is 8.42 Å². The molecule has 0 saturated heterocycles. The van der Waals surface area contributed by atoms with Gasteiger partial charge in [-0.05, 0) is 88.4 Å². The normalized spacial score (nSPS) is 14.7. The van der Waals surface area contributed by atoms with E-state index in [0.29, 0.717) is 5.69 Å². The van der Waals surface area contributed by atoms with Crippen molar-refractivity contribution in [2.24, 2.45) is 0 Å². The van der Waals surface area contributed by atoms with Gasteiger partial charge in [-0.3, -0.25) is 13.9 Å². The van der Waals surface area contributed by atoms with E-state index in [-0.39, 0.29) is 23.4 Å². The van der Waals surface area contributed by atoms with Crippen molar-refractivity contribution in [1.29, 1.82) is 0 Å². The number of anilines is 1. The molecule has 8 heteroatoms. The van der Waals surface area contributed by atoms with Gasteiger partial charge in [-0.2, -0.15) is 0 Å². The van der Waals surface area contributed by atoms with E-state index in [1.54, 1.807) is 43.3 Å². The molecular formula is C34H43N3O4S. The molecule has 0 heterocycles. The highest BCUT2D eigenvalue weighted by Gasteiger charge is 2.33. The summed E-state index contributed by atoms with van der Waals surface area (Å²) in [5.41, 5.74) is 5.23. The molecule has 0 spiro atoms. The third-order valence-electron chi connectivity index (χ3n) is 8.26. The van der Waals surface area contributed by atoms with Gasteiger partial charge >= 0.3 is 0 Å². The van der Waals surface area contributed by atoms with E-state index in [1.807, 2.05) is 58.0 Å². The standard InChI is InChI=1S/C34H43N3O4S/c1-24-11-16-29(17-12-24)22-36(28(5)34(39)35-30-9-7-6-8-10-30)33(38)23-37(31-18-15-26(3)27(4)21-31)42(40,41)32-19-13-25(2)14-20-32/h11-21,28,30H,6-10,22-23H2,1-5H3,(H,35,39)/t28-/m1/s1. The molecule has 42 heavy (non-hydrogen) atoms. The Labute approximate surface area is 251 Å². The van der Waals surface area contributed by atoms with Crippen molar-refractivity contribution in [3.63, 3.8) is 0 Å². The first-order valence-electron chi connectivity index (χ1n) is 14.8. The van der Waals surface area contributed by atoms with Gasteiger partial charge in [0.15, 0.2) is 0 Å². The lowest BCUT2D eigenvalue weighted by Crippen LogP contribution is -2.53. The summed E-state index contributed by atoms with van der Waals surface area (Å²) in [6.45, 7) is 9.22. The SMILES string of the molecule is Cc1ccc(CN(C(=O)CN(c2ccc(C)c(C)c2)S(=O)(=O)c2ccc(C)cc2)[C@H](C)C(=O)NC2CCCCC2)cc1. The van der Waals surface area contributed by atoms with Gasteiger partial charge in [0, 0.05) is 12.6 Å². The minimum absolute atomic E-state index is 0.0963. The van der Waals surface area contributed by atoms with Crippen LogP contribution < -0.4 is 9.62 Å². The van der Waals surface area contributed by atoms with Gasteiger partial charge < -0.3 is 10.2 Å². The molecule has 7 nitrogen and oxygen atoms in total. The lowest BCUT2D eigenvalue weighted by Gasteiger charge is -2.33. The van der Waals surface area contributed by atoms with Gasteiger partial charge in [0.1, 0.15) is 12.6 Å². The van der Waals surface area contributed by atoms with Crippen LogP contribution in [0.15, 0.2) is 71.6 Å². The number of aryl methyl sites for hydroxylation is 4. The molecule has 0 radical (unpaired) electrons. The zero-order chi connectivity index (χ0) is 30.4. The minimum Gasteiger partial charge on any atom is -0.352 e. The molecule has 1 saturated carbocycles. The molecule has 4 rings (SSSR count). The molecule has 3 aromatic rings. The molecule has 1 aliphatic rings. The van der Waals surface area contributed by atoms with E-state index in [9.17, 15) is 18.0 Å². The van der Waals surface area contributed by atoms with E-state index in [4.69, 9.17) is 0 Å². The van der Waals surface area contributed by atoms with Crippen LogP contribution in [0.5, 0.6) is 0 Å². The number of carbonyl (C=O) groups is 2. The lowest BCUT2D eigenvalue weighted by atomic mass is 9.95. The Morgan fingerprint density at radius 3 is 2.02 bits per heavy atom. The largest absolute Gasteiger partial charge is 0.352 e. The van der Waals surface area contributed by atoms with Crippen LogP contribution in [0.1, 0.15) is 66.8 Å². The number of nitrogens with zero attached hydrogens (tertiary/aromatic N) is 2. The van der Waals surface area contributed by atoms with E-state index in [2.05, 4.69) is 5.32 Å². The number of rotatable bonds is 10. The van der Waals surface area contributed by atoms with Gasteiger partial charge in [0.25, 0.3) is 10.0 Å². The molecule has 1 aliphatic carbocycles. The Kier molecular flexibility index (Phi) is 10.1. The molecule has 1 N–H and O–H groups in total. The summed E-state index contributed by atoms with van der Waals surface area (Å²) in [6, 6.07) is 19.1. The average Bonchev–Trinajstić information content (AvgIpc) is 2.97. The summed E-state index contributed by atoms with van der Waals surface area (Å²) in [5.74, 6) is -0.669. The smallest absolute Gasteiger partial charge is 0.264 e. The van der Waals surface area contributed by atoms with Crippen molar-refractivity contribution >= 4 is 27.5 Å². The van der Waals surface area contributed by atoms with Crippen LogP contribution in [0.3, 0.4) is 0 Å². The first kappa shape index (κ1) is 31.3. The fourth-order valence-corrected chi connectivity index (χ4v) is 6.69. The molecule has 0 unspecified atom stereocenters. The maximum Gasteiger partial charge on any atom is 0.264 e. The van der Waals surface area contributed by atoms with Crippen LogP contribution in [-0.2, 0) is 26.2 Å². The summed E-state index contributed by atoms with van der Waals surface area (Å²) in [5, 5.41) is 3.14. The van der Waals surface area contributed by atoms with Crippen LogP contribution in [0.25, 0.3) is 0 Å². The molecule has 0 bridgehead atoms. The number of carbonyl (C=O) groups excluding carboxylic acids is 2. The molecular weight excluding hydrogens is 546 g/mol. The van der Waals surface area contributed by atoms with Crippen LogP contribution in [0.4, 0.5) is 5.69 Å². The summed E-state index contributed by atoms with van der Waals surface area (Å²) < 4.78 is 29.2. The number of amides is 2. The Bertz CT molecular complexity index is 1490. The molecule has 0 aromatic heterocycles. The zero-order valence-electron chi connectivity index (χ0n) is 25.4. The number of nitrogens with one attached hydrogen (secondary N) is 1.